The second kappa shape index (κ2) is 8.01. The maximum Gasteiger partial charge on any atom is 0.185 e. The fourth-order valence-corrected chi connectivity index (χ4v) is 5.72. The highest BCUT2D eigenvalue weighted by atomic mass is 32.1. The second-order valence-corrected chi connectivity index (χ2v) is 10.8. The van der Waals surface area contributed by atoms with E-state index in [1.54, 1.807) is 11.3 Å². The first-order valence-corrected chi connectivity index (χ1v) is 11.9. The molecule has 0 amide bonds. The predicted octanol–water partition coefficient (Wildman–Crippen LogP) is 4.71. The molecule has 0 spiro atoms. The SMILES string of the molecule is CC1(C)CCC(C)(C)c2cc(-c3csc(N4CCC(NCCO)CC4)n3)ccc21. The summed E-state index contributed by atoms with van der Waals surface area (Å²) < 4.78 is 0. The van der Waals surface area contributed by atoms with Crippen molar-refractivity contribution < 1.29 is 5.11 Å². The number of aromatic nitrogens is 1. The summed E-state index contributed by atoms with van der Waals surface area (Å²) in [6, 6.07) is 7.54. The van der Waals surface area contributed by atoms with Crippen LogP contribution >= 0.6 is 11.3 Å². The Morgan fingerprint density at radius 2 is 1.79 bits per heavy atom. The summed E-state index contributed by atoms with van der Waals surface area (Å²) in [5.41, 5.74) is 5.83. The van der Waals surface area contributed by atoms with Crippen molar-refractivity contribution in [3.63, 3.8) is 0 Å². The molecule has 1 aliphatic carbocycles. The third kappa shape index (κ3) is 4.23. The van der Waals surface area contributed by atoms with Gasteiger partial charge in [-0.2, -0.15) is 0 Å². The van der Waals surface area contributed by atoms with Gasteiger partial charge in [-0.05, 0) is 53.7 Å². The molecule has 1 aromatic carbocycles. The average Bonchev–Trinajstić information content (AvgIpc) is 3.20. The molecule has 0 bridgehead atoms. The molecular formula is C24H35N3OS. The van der Waals surface area contributed by atoms with E-state index in [1.165, 1.54) is 29.5 Å². The number of nitrogens with one attached hydrogen (secondary N) is 1. The number of piperidine rings is 1. The number of hydrogen-bond acceptors (Lipinski definition) is 5. The molecule has 1 fully saturated rings. The van der Waals surface area contributed by atoms with Crippen molar-refractivity contribution in [1.82, 2.24) is 10.3 Å². The minimum absolute atomic E-state index is 0.213. The molecule has 2 heterocycles. The number of aliphatic hydroxyl groups is 1. The Labute approximate surface area is 179 Å². The lowest BCUT2D eigenvalue weighted by Crippen LogP contribution is -2.43. The van der Waals surface area contributed by atoms with Crippen LogP contribution in [0.5, 0.6) is 0 Å². The van der Waals surface area contributed by atoms with Crippen molar-refractivity contribution in [1.29, 1.82) is 0 Å². The number of benzene rings is 1. The Morgan fingerprint density at radius 1 is 1.10 bits per heavy atom. The van der Waals surface area contributed by atoms with Crippen LogP contribution < -0.4 is 10.2 Å². The minimum atomic E-state index is 0.213. The van der Waals surface area contributed by atoms with E-state index in [-0.39, 0.29) is 17.4 Å². The number of thiazole rings is 1. The fourth-order valence-electron chi connectivity index (χ4n) is 4.83. The van der Waals surface area contributed by atoms with E-state index in [9.17, 15) is 0 Å². The molecule has 1 saturated heterocycles. The first-order chi connectivity index (χ1) is 13.8. The smallest absolute Gasteiger partial charge is 0.185 e. The van der Waals surface area contributed by atoms with E-state index in [0.29, 0.717) is 12.6 Å². The van der Waals surface area contributed by atoms with Gasteiger partial charge in [-0.1, -0.05) is 39.8 Å². The maximum absolute atomic E-state index is 8.99. The molecule has 0 atom stereocenters. The lowest BCUT2D eigenvalue weighted by Gasteiger charge is -2.42. The van der Waals surface area contributed by atoms with Crippen LogP contribution in [-0.2, 0) is 10.8 Å². The topological polar surface area (TPSA) is 48.4 Å². The van der Waals surface area contributed by atoms with Crippen LogP contribution in [0.25, 0.3) is 11.3 Å². The number of aliphatic hydroxyl groups excluding tert-OH is 1. The van der Waals surface area contributed by atoms with E-state index >= 15 is 0 Å². The molecule has 5 heteroatoms. The molecule has 2 N–H and O–H groups in total. The van der Waals surface area contributed by atoms with Crippen LogP contribution in [-0.4, -0.2) is 42.4 Å². The van der Waals surface area contributed by atoms with Crippen LogP contribution in [0.15, 0.2) is 23.6 Å². The normalized spacial score (nSPS) is 21.2. The quantitative estimate of drug-likeness (QED) is 0.745. The molecule has 158 valence electrons. The monoisotopic (exact) mass is 413 g/mol. The standard InChI is InChI=1S/C24H35N3OS/c1-23(2)9-10-24(3,4)20-15-17(5-6-19(20)23)21-16-29-22(26-21)27-12-7-18(8-13-27)25-11-14-28/h5-6,15-16,18,25,28H,7-14H2,1-4H3. The van der Waals surface area contributed by atoms with Gasteiger partial charge in [-0.15, -0.1) is 11.3 Å². The fraction of sp³-hybridized carbons (Fsp3) is 0.625. The van der Waals surface area contributed by atoms with Crippen molar-refractivity contribution in [2.24, 2.45) is 0 Å². The summed E-state index contributed by atoms with van der Waals surface area (Å²) in [6.07, 6.45) is 4.70. The first kappa shape index (κ1) is 20.8. The Kier molecular flexibility index (Phi) is 5.75. The van der Waals surface area contributed by atoms with Gasteiger partial charge < -0.3 is 15.3 Å². The molecule has 1 aromatic heterocycles. The van der Waals surface area contributed by atoms with Gasteiger partial charge in [0.1, 0.15) is 0 Å². The van der Waals surface area contributed by atoms with Gasteiger partial charge in [0.2, 0.25) is 0 Å². The Hall–Kier alpha value is -1.43. The van der Waals surface area contributed by atoms with E-state index < -0.39 is 0 Å². The van der Waals surface area contributed by atoms with Crippen LogP contribution in [0.2, 0.25) is 0 Å². The molecular weight excluding hydrogens is 378 g/mol. The second-order valence-electron chi connectivity index (χ2n) is 9.98. The highest BCUT2D eigenvalue weighted by Crippen LogP contribution is 2.46. The van der Waals surface area contributed by atoms with Crippen molar-refractivity contribution in [2.75, 3.05) is 31.1 Å². The van der Waals surface area contributed by atoms with Crippen LogP contribution in [0.3, 0.4) is 0 Å². The van der Waals surface area contributed by atoms with Crippen molar-refractivity contribution in [3.05, 3.63) is 34.7 Å². The lowest BCUT2D eigenvalue weighted by molar-refractivity contribution is 0.277. The summed E-state index contributed by atoms with van der Waals surface area (Å²) in [6.45, 7) is 12.5. The molecule has 1 aliphatic heterocycles. The lowest BCUT2D eigenvalue weighted by atomic mass is 9.63. The van der Waals surface area contributed by atoms with Gasteiger partial charge >= 0.3 is 0 Å². The maximum atomic E-state index is 8.99. The zero-order valence-corrected chi connectivity index (χ0v) is 19.1. The van der Waals surface area contributed by atoms with Crippen LogP contribution in [0.4, 0.5) is 5.13 Å². The number of anilines is 1. The first-order valence-electron chi connectivity index (χ1n) is 11.0. The van der Waals surface area contributed by atoms with Crippen molar-refractivity contribution in [3.8, 4) is 11.3 Å². The zero-order chi connectivity index (χ0) is 20.6. The Bertz CT molecular complexity index is 850. The van der Waals surface area contributed by atoms with Gasteiger partial charge in [0.05, 0.1) is 12.3 Å². The van der Waals surface area contributed by atoms with E-state index in [4.69, 9.17) is 10.1 Å². The minimum Gasteiger partial charge on any atom is -0.395 e. The largest absolute Gasteiger partial charge is 0.395 e. The number of hydrogen-bond donors (Lipinski definition) is 2. The molecule has 0 unspecified atom stereocenters. The van der Waals surface area contributed by atoms with E-state index in [2.05, 4.69) is 61.5 Å². The highest BCUT2D eigenvalue weighted by Gasteiger charge is 2.37. The molecule has 0 saturated carbocycles. The van der Waals surface area contributed by atoms with Gasteiger partial charge in [-0.25, -0.2) is 4.98 Å². The van der Waals surface area contributed by atoms with Gasteiger partial charge in [0.25, 0.3) is 0 Å². The third-order valence-electron chi connectivity index (χ3n) is 6.95. The van der Waals surface area contributed by atoms with Crippen LogP contribution in [0, 0.1) is 0 Å². The molecule has 2 aliphatic rings. The van der Waals surface area contributed by atoms with Crippen LogP contribution in [0.1, 0.15) is 64.5 Å². The Morgan fingerprint density at radius 3 is 2.48 bits per heavy atom. The van der Waals surface area contributed by atoms with E-state index in [0.717, 1.165) is 36.8 Å². The molecule has 29 heavy (non-hydrogen) atoms. The highest BCUT2D eigenvalue weighted by molar-refractivity contribution is 7.14. The van der Waals surface area contributed by atoms with Crippen molar-refractivity contribution in [2.45, 2.75) is 70.3 Å². The summed E-state index contributed by atoms with van der Waals surface area (Å²) >= 11 is 1.76. The zero-order valence-electron chi connectivity index (χ0n) is 18.3. The predicted molar refractivity (Wildman–Crippen MR) is 123 cm³/mol. The molecule has 4 nitrogen and oxygen atoms in total. The van der Waals surface area contributed by atoms with E-state index in [1.807, 2.05) is 0 Å². The molecule has 4 rings (SSSR count). The molecule has 2 aromatic rings. The van der Waals surface area contributed by atoms with Gasteiger partial charge in [-0.3, -0.25) is 0 Å². The van der Waals surface area contributed by atoms with Gasteiger partial charge in [0.15, 0.2) is 5.13 Å². The third-order valence-corrected chi connectivity index (χ3v) is 7.85. The van der Waals surface area contributed by atoms with Crippen molar-refractivity contribution >= 4 is 16.5 Å². The number of nitrogens with zero attached hydrogens (tertiary/aromatic N) is 2. The number of rotatable bonds is 5. The molecule has 0 radical (unpaired) electrons. The Balaban J connectivity index is 1.52. The summed E-state index contributed by atoms with van der Waals surface area (Å²) in [5, 5.41) is 15.8. The summed E-state index contributed by atoms with van der Waals surface area (Å²) in [4.78, 5) is 7.42. The van der Waals surface area contributed by atoms with Gasteiger partial charge in [0, 0.05) is 36.6 Å². The average molecular weight is 414 g/mol. The summed E-state index contributed by atoms with van der Waals surface area (Å²) in [7, 11) is 0. The summed E-state index contributed by atoms with van der Waals surface area (Å²) in [5.74, 6) is 0. The number of fused-ring (bicyclic) bond motifs is 1.